The number of aryl methyl sites for hydroxylation is 1. The molecular weight excluding hydrogens is 298 g/mol. The number of hydrogen-bond acceptors (Lipinski definition) is 3. The first-order valence-corrected chi connectivity index (χ1v) is 8.63. The van der Waals surface area contributed by atoms with Crippen molar-refractivity contribution < 1.29 is 4.79 Å². The van der Waals surface area contributed by atoms with Gasteiger partial charge < -0.3 is 10.2 Å². The van der Waals surface area contributed by atoms with E-state index < -0.39 is 0 Å². The number of hydrogen-bond donors (Lipinski definition) is 1. The molecule has 2 heterocycles. The molecule has 1 aromatic carbocycles. The number of piperidine rings is 1. The zero-order valence-corrected chi connectivity index (χ0v) is 14.5. The number of aromatic nitrogens is 1. The fraction of sp³-hybridized carbons (Fsp3) is 0.400. The number of nitrogens with zero attached hydrogens (tertiary/aromatic N) is 2. The summed E-state index contributed by atoms with van der Waals surface area (Å²) in [5, 5.41) is 3.23. The maximum absolute atomic E-state index is 12.8. The Morgan fingerprint density at radius 2 is 1.88 bits per heavy atom. The van der Waals surface area contributed by atoms with E-state index in [0.717, 1.165) is 43.6 Å². The van der Waals surface area contributed by atoms with E-state index in [4.69, 9.17) is 0 Å². The molecule has 0 radical (unpaired) electrons. The minimum Gasteiger partial charge on any atom is -0.339 e. The van der Waals surface area contributed by atoms with Gasteiger partial charge in [0.2, 0.25) is 0 Å². The summed E-state index contributed by atoms with van der Waals surface area (Å²) in [6.07, 6.45) is 5.63. The average molecular weight is 323 g/mol. The van der Waals surface area contributed by atoms with Crippen LogP contribution >= 0.6 is 0 Å². The normalized spacial score (nSPS) is 15.5. The van der Waals surface area contributed by atoms with Crippen molar-refractivity contribution in [1.29, 1.82) is 0 Å². The maximum atomic E-state index is 12.8. The molecule has 0 atom stereocenters. The van der Waals surface area contributed by atoms with E-state index in [2.05, 4.69) is 41.5 Å². The summed E-state index contributed by atoms with van der Waals surface area (Å²) in [7, 11) is 1.99. The molecule has 0 spiro atoms. The molecule has 2 aromatic rings. The third-order valence-corrected chi connectivity index (χ3v) is 4.76. The Bertz CT molecular complexity index is 688. The van der Waals surface area contributed by atoms with Gasteiger partial charge >= 0.3 is 0 Å². The molecule has 1 amide bonds. The van der Waals surface area contributed by atoms with Crippen molar-refractivity contribution in [3.8, 4) is 11.1 Å². The summed E-state index contributed by atoms with van der Waals surface area (Å²) in [4.78, 5) is 19.0. The molecular formula is C20H25N3O. The fourth-order valence-electron chi connectivity index (χ4n) is 3.27. The predicted octanol–water partition coefficient (Wildman–Crippen LogP) is 3.13. The van der Waals surface area contributed by atoms with E-state index in [1.54, 1.807) is 6.20 Å². The highest BCUT2D eigenvalue weighted by molar-refractivity contribution is 5.95. The minimum absolute atomic E-state index is 0.0966. The van der Waals surface area contributed by atoms with Gasteiger partial charge in [-0.25, -0.2) is 0 Å². The minimum atomic E-state index is 0.0966. The van der Waals surface area contributed by atoms with Crippen molar-refractivity contribution in [3.05, 3.63) is 53.9 Å². The van der Waals surface area contributed by atoms with E-state index in [0.29, 0.717) is 11.5 Å². The number of nitrogens with one attached hydrogen (secondary N) is 1. The average Bonchev–Trinajstić information content (AvgIpc) is 2.63. The Kier molecular flexibility index (Phi) is 5.26. The van der Waals surface area contributed by atoms with Gasteiger partial charge in [-0.3, -0.25) is 9.78 Å². The fourth-order valence-corrected chi connectivity index (χ4v) is 3.27. The molecule has 126 valence electrons. The van der Waals surface area contributed by atoms with Crippen LogP contribution in [-0.2, 0) is 0 Å². The number of likely N-dealkylation sites (tertiary alicyclic amines) is 1. The van der Waals surface area contributed by atoms with E-state index >= 15 is 0 Å². The van der Waals surface area contributed by atoms with Crippen LogP contribution in [0.3, 0.4) is 0 Å². The van der Waals surface area contributed by atoms with Crippen LogP contribution in [0.1, 0.15) is 28.8 Å². The van der Waals surface area contributed by atoms with E-state index in [9.17, 15) is 4.79 Å². The number of rotatable bonds is 4. The predicted molar refractivity (Wildman–Crippen MR) is 97.0 cm³/mol. The summed E-state index contributed by atoms with van der Waals surface area (Å²) < 4.78 is 0. The van der Waals surface area contributed by atoms with Crippen molar-refractivity contribution in [2.75, 3.05) is 26.7 Å². The maximum Gasteiger partial charge on any atom is 0.255 e. The summed E-state index contributed by atoms with van der Waals surface area (Å²) in [5.74, 6) is 0.774. The number of carbonyl (C=O) groups excluding carboxylic acids is 1. The second-order valence-corrected chi connectivity index (χ2v) is 6.62. The highest BCUT2D eigenvalue weighted by atomic mass is 16.2. The van der Waals surface area contributed by atoms with Crippen LogP contribution in [0.5, 0.6) is 0 Å². The van der Waals surface area contributed by atoms with Crippen LogP contribution in [0.15, 0.2) is 42.7 Å². The van der Waals surface area contributed by atoms with Gasteiger partial charge in [-0.1, -0.05) is 29.8 Å². The summed E-state index contributed by atoms with van der Waals surface area (Å²) in [5.41, 5.74) is 3.99. The topological polar surface area (TPSA) is 45.2 Å². The number of amides is 1. The van der Waals surface area contributed by atoms with Gasteiger partial charge in [0.1, 0.15) is 0 Å². The zero-order chi connectivity index (χ0) is 16.9. The van der Waals surface area contributed by atoms with Crippen molar-refractivity contribution in [3.63, 3.8) is 0 Å². The lowest BCUT2D eigenvalue weighted by Gasteiger charge is -2.32. The number of carbonyl (C=O) groups is 1. The smallest absolute Gasteiger partial charge is 0.255 e. The monoisotopic (exact) mass is 323 g/mol. The zero-order valence-electron chi connectivity index (χ0n) is 14.5. The molecule has 4 nitrogen and oxygen atoms in total. The van der Waals surface area contributed by atoms with Crippen molar-refractivity contribution >= 4 is 5.91 Å². The highest BCUT2D eigenvalue weighted by Gasteiger charge is 2.23. The first kappa shape index (κ1) is 16.7. The second kappa shape index (κ2) is 7.58. The third kappa shape index (κ3) is 3.82. The van der Waals surface area contributed by atoms with Crippen LogP contribution in [-0.4, -0.2) is 42.5 Å². The molecule has 1 aromatic heterocycles. The lowest BCUT2D eigenvalue weighted by molar-refractivity contribution is 0.0690. The molecule has 24 heavy (non-hydrogen) atoms. The Labute approximate surface area is 143 Å². The van der Waals surface area contributed by atoms with Gasteiger partial charge in [0.25, 0.3) is 5.91 Å². The molecule has 0 bridgehead atoms. The highest BCUT2D eigenvalue weighted by Crippen LogP contribution is 2.22. The lowest BCUT2D eigenvalue weighted by atomic mass is 9.96. The number of benzene rings is 1. The Hall–Kier alpha value is -2.20. The quantitative estimate of drug-likeness (QED) is 0.940. The van der Waals surface area contributed by atoms with E-state index in [1.807, 2.05) is 24.2 Å². The molecule has 4 heteroatoms. The summed E-state index contributed by atoms with van der Waals surface area (Å²) in [6.45, 7) is 4.77. The van der Waals surface area contributed by atoms with Gasteiger partial charge in [-0.15, -0.1) is 0 Å². The lowest BCUT2D eigenvalue weighted by Crippen LogP contribution is -2.40. The molecule has 0 unspecified atom stereocenters. The van der Waals surface area contributed by atoms with Crippen molar-refractivity contribution in [1.82, 2.24) is 15.2 Å². The van der Waals surface area contributed by atoms with Crippen LogP contribution in [0.2, 0.25) is 0 Å². The largest absolute Gasteiger partial charge is 0.339 e. The first-order chi connectivity index (χ1) is 11.7. The Morgan fingerprint density at radius 3 is 2.54 bits per heavy atom. The van der Waals surface area contributed by atoms with Crippen molar-refractivity contribution in [2.24, 2.45) is 5.92 Å². The number of pyridine rings is 1. The molecule has 0 aliphatic carbocycles. The van der Waals surface area contributed by atoms with Crippen LogP contribution < -0.4 is 5.32 Å². The molecule has 1 aliphatic rings. The second-order valence-electron chi connectivity index (χ2n) is 6.62. The van der Waals surface area contributed by atoms with Gasteiger partial charge in [0.15, 0.2) is 0 Å². The van der Waals surface area contributed by atoms with Gasteiger partial charge in [-0.05, 0) is 50.9 Å². The van der Waals surface area contributed by atoms with Gasteiger partial charge in [-0.2, -0.15) is 0 Å². The Morgan fingerprint density at radius 1 is 1.17 bits per heavy atom. The standard InChI is InChI=1S/C20H25N3O/c1-15-3-5-17(6-4-15)18-11-19(14-22-13-18)20(24)23-9-7-16(8-10-23)12-21-2/h3-6,11,13-14,16,21H,7-10,12H2,1-2H3. The van der Waals surface area contributed by atoms with Crippen LogP contribution in [0.25, 0.3) is 11.1 Å². The molecule has 1 fully saturated rings. The molecule has 1 aliphatic heterocycles. The van der Waals surface area contributed by atoms with Gasteiger partial charge in [0.05, 0.1) is 5.56 Å². The third-order valence-electron chi connectivity index (χ3n) is 4.76. The SMILES string of the molecule is CNCC1CCN(C(=O)c2cncc(-c3ccc(C)cc3)c2)CC1. The molecule has 1 saturated heterocycles. The molecule has 1 N–H and O–H groups in total. The van der Waals surface area contributed by atoms with Crippen LogP contribution in [0, 0.1) is 12.8 Å². The Balaban J connectivity index is 1.72. The van der Waals surface area contributed by atoms with Crippen LogP contribution in [0.4, 0.5) is 0 Å². The molecule has 0 saturated carbocycles. The molecule has 3 rings (SSSR count). The van der Waals surface area contributed by atoms with E-state index in [-0.39, 0.29) is 5.91 Å². The first-order valence-electron chi connectivity index (χ1n) is 8.63. The van der Waals surface area contributed by atoms with Gasteiger partial charge in [0, 0.05) is 31.0 Å². The summed E-state index contributed by atoms with van der Waals surface area (Å²) in [6, 6.07) is 10.3. The van der Waals surface area contributed by atoms with Crippen molar-refractivity contribution in [2.45, 2.75) is 19.8 Å². The summed E-state index contributed by atoms with van der Waals surface area (Å²) >= 11 is 0. The van der Waals surface area contributed by atoms with E-state index in [1.165, 1.54) is 5.56 Å².